The minimum Gasteiger partial charge on any atom is -0.404 e. The molecule has 7 heteroatoms. The molecule has 0 fully saturated rings. The smallest absolute Gasteiger partial charge is 0.404 e. The van der Waals surface area contributed by atoms with Gasteiger partial charge in [-0.2, -0.15) is 0 Å². The third kappa shape index (κ3) is 2.48. The van der Waals surface area contributed by atoms with Crippen LogP contribution in [-0.4, -0.2) is 18.4 Å². The molecule has 1 aliphatic heterocycles. The molecule has 0 spiro atoms. The van der Waals surface area contributed by atoms with Gasteiger partial charge in [0, 0.05) is 11.8 Å². The largest absolute Gasteiger partial charge is 0.573 e. The first kappa shape index (κ1) is 12.9. The van der Waals surface area contributed by atoms with Gasteiger partial charge >= 0.3 is 6.36 Å². The predicted molar refractivity (Wildman–Crippen MR) is 59.8 cm³/mol. The van der Waals surface area contributed by atoms with E-state index in [4.69, 9.17) is 11.6 Å². The Kier molecular flexibility index (Phi) is 3.06. The van der Waals surface area contributed by atoms with Crippen LogP contribution in [0.4, 0.5) is 18.9 Å². The molecule has 0 bridgehead atoms. The van der Waals surface area contributed by atoms with Crippen LogP contribution in [0.25, 0.3) is 0 Å². The van der Waals surface area contributed by atoms with Gasteiger partial charge in [0.05, 0.1) is 16.6 Å². The third-order valence-electron chi connectivity index (χ3n) is 2.39. The zero-order valence-electron chi connectivity index (χ0n) is 9.08. The summed E-state index contributed by atoms with van der Waals surface area (Å²) in [4.78, 5) is 15.7. The standard InChI is InChI=1S/C11H7ClF3NO2/c1-5-4-16-8-3-7(12)9(18-11(13,14)15)2-6(8)10(5)17/h2-5H,1H3. The quantitative estimate of drug-likeness (QED) is 0.784. The second-order valence-corrected chi connectivity index (χ2v) is 4.19. The number of aliphatic imine (C=N–C) groups is 1. The maximum Gasteiger partial charge on any atom is 0.573 e. The molecule has 3 nitrogen and oxygen atoms in total. The zero-order chi connectivity index (χ0) is 13.5. The van der Waals surface area contributed by atoms with Crippen LogP contribution in [-0.2, 0) is 0 Å². The Balaban J connectivity index is 2.48. The monoisotopic (exact) mass is 277 g/mol. The molecule has 1 unspecified atom stereocenters. The number of ketones is 1. The summed E-state index contributed by atoms with van der Waals surface area (Å²) in [7, 11) is 0. The highest BCUT2D eigenvalue weighted by atomic mass is 35.5. The molecule has 1 heterocycles. The van der Waals surface area contributed by atoms with Crippen LogP contribution in [0.15, 0.2) is 17.1 Å². The van der Waals surface area contributed by atoms with Crippen molar-refractivity contribution in [1.82, 2.24) is 0 Å². The van der Waals surface area contributed by atoms with Crippen LogP contribution in [0.5, 0.6) is 5.75 Å². The normalized spacial score (nSPS) is 18.7. The number of fused-ring (bicyclic) bond motifs is 1. The van der Waals surface area contributed by atoms with Crippen molar-refractivity contribution >= 4 is 29.3 Å². The van der Waals surface area contributed by atoms with Crippen LogP contribution < -0.4 is 4.74 Å². The lowest BCUT2D eigenvalue weighted by atomic mass is 9.96. The molecule has 0 N–H and O–H groups in total. The first-order valence-corrected chi connectivity index (χ1v) is 5.33. The van der Waals surface area contributed by atoms with Gasteiger partial charge in [-0.1, -0.05) is 18.5 Å². The van der Waals surface area contributed by atoms with E-state index in [0.717, 1.165) is 6.07 Å². The van der Waals surface area contributed by atoms with Crippen molar-refractivity contribution < 1.29 is 22.7 Å². The molecule has 0 aromatic heterocycles. The number of alkyl halides is 3. The van der Waals surface area contributed by atoms with Gasteiger partial charge < -0.3 is 4.74 Å². The number of nitrogens with zero attached hydrogens (tertiary/aromatic N) is 1. The van der Waals surface area contributed by atoms with Gasteiger partial charge in [-0.05, 0) is 12.1 Å². The summed E-state index contributed by atoms with van der Waals surface area (Å²) in [6.45, 7) is 1.60. The van der Waals surface area contributed by atoms with Gasteiger partial charge in [-0.25, -0.2) is 0 Å². The van der Waals surface area contributed by atoms with E-state index >= 15 is 0 Å². The van der Waals surface area contributed by atoms with Gasteiger partial charge in [0.2, 0.25) is 0 Å². The van der Waals surface area contributed by atoms with Crippen LogP contribution in [0.3, 0.4) is 0 Å². The van der Waals surface area contributed by atoms with Crippen molar-refractivity contribution in [2.75, 3.05) is 0 Å². The third-order valence-corrected chi connectivity index (χ3v) is 2.69. The summed E-state index contributed by atoms with van der Waals surface area (Å²) >= 11 is 5.64. The zero-order valence-corrected chi connectivity index (χ0v) is 9.84. The number of hydrogen-bond acceptors (Lipinski definition) is 3. The highest BCUT2D eigenvalue weighted by Crippen LogP contribution is 2.37. The molecule has 1 aliphatic rings. The number of benzene rings is 1. The fourth-order valence-electron chi connectivity index (χ4n) is 1.56. The topological polar surface area (TPSA) is 38.7 Å². The number of rotatable bonds is 1. The summed E-state index contributed by atoms with van der Waals surface area (Å²) in [5.74, 6) is -1.39. The fourth-order valence-corrected chi connectivity index (χ4v) is 1.75. The van der Waals surface area contributed by atoms with Gasteiger partial charge in [-0.3, -0.25) is 9.79 Å². The first-order valence-electron chi connectivity index (χ1n) is 4.95. The predicted octanol–water partition coefficient (Wildman–Crippen LogP) is 3.77. The molecule has 0 amide bonds. The van der Waals surface area contributed by atoms with E-state index in [0.29, 0.717) is 0 Å². The van der Waals surface area contributed by atoms with Gasteiger partial charge in [0.25, 0.3) is 0 Å². The van der Waals surface area contributed by atoms with E-state index in [9.17, 15) is 18.0 Å². The number of Topliss-reactive ketones (excluding diaryl/α,β-unsaturated/α-hetero) is 1. The molecular formula is C11H7ClF3NO2. The molecule has 0 saturated carbocycles. The molecule has 1 atom stereocenters. The molecule has 18 heavy (non-hydrogen) atoms. The van der Waals surface area contributed by atoms with Crippen LogP contribution >= 0.6 is 11.6 Å². The maximum atomic E-state index is 12.1. The molecule has 1 aromatic carbocycles. The lowest BCUT2D eigenvalue weighted by Crippen LogP contribution is -2.19. The van der Waals surface area contributed by atoms with E-state index < -0.39 is 18.0 Å². The van der Waals surface area contributed by atoms with Crippen molar-refractivity contribution in [1.29, 1.82) is 0 Å². The molecule has 0 aliphatic carbocycles. The lowest BCUT2D eigenvalue weighted by molar-refractivity contribution is -0.274. The maximum absolute atomic E-state index is 12.1. The number of hydrogen-bond donors (Lipinski definition) is 0. The number of ether oxygens (including phenoxy) is 1. The van der Waals surface area contributed by atoms with E-state index in [1.54, 1.807) is 6.92 Å². The summed E-state index contributed by atoms with van der Waals surface area (Å²) < 4.78 is 40.1. The summed E-state index contributed by atoms with van der Waals surface area (Å²) in [6, 6.07) is 2.15. The second-order valence-electron chi connectivity index (χ2n) is 3.78. The number of carbonyl (C=O) groups excluding carboxylic acids is 1. The second kappa shape index (κ2) is 4.28. The van der Waals surface area contributed by atoms with E-state index in [2.05, 4.69) is 9.73 Å². The number of carbonyl (C=O) groups is 1. The lowest BCUT2D eigenvalue weighted by Gasteiger charge is -2.17. The SMILES string of the molecule is CC1C=Nc2cc(Cl)c(OC(F)(F)F)cc2C1=O. The van der Waals surface area contributed by atoms with Crippen LogP contribution in [0.2, 0.25) is 5.02 Å². The van der Waals surface area contributed by atoms with Crippen molar-refractivity contribution in [3.8, 4) is 5.75 Å². The molecule has 2 rings (SSSR count). The van der Waals surface area contributed by atoms with Crippen molar-refractivity contribution in [3.05, 3.63) is 22.7 Å². The van der Waals surface area contributed by atoms with Crippen molar-refractivity contribution in [2.24, 2.45) is 10.9 Å². The molecular weight excluding hydrogens is 271 g/mol. The Morgan fingerprint density at radius 3 is 2.67 bits per heavy atom. The van der Waals surface area contributed by atoms with Gasteiger partial charge in [-0.15, -0.1) is 13.2 Å². The minimum absolute atomic E-state index is 0.0775. The molecule has 96 valence electrons. The molecule has 1 aromatic rings. The van der Waals surface area contributed by atoms with Crippen LogP contribution in [0.1, 0.15) is 17.3 Å². The molecule has 0 saturated heterocycles. The Bertz CT molecular complexity index is 540. The summed E-state index contributed by atoms with van der Waals surface area (Å²) in [6.07, 6.45) is -3.43. The van der Waals surface area contributed by atoms with Crippen LogP contribution in [0, 0.1) is 5.92 Å². The number of halogens is 4. The Labute approximate surface area is 105 Å². The van der Waals surface area contributed by atoms with Crippen molar-refractivity contribution in [2.45, 2.75) is 13.3 Å². The average Bonchev–Trinajstić information content (AvgIpc) is 2.24. The first-order chi connectivity index (χ1) is 8.28. The summed E-state index contributed by atoms with van der Waals surface area (Å²) in [5.41, 5.74) is 0.325. The van der Waals surface area contributed by atoms with E-state index in [1.807, 2.05) is 0 Å². The Morgan fingerprint density at radius 1 is 1.39 bits per heavy atom. The Hall–Kier alpha value is -1.56. The minimum atomic E-state index is -4.86. The van der Waals surface area contributed by atoms with Gasteiger partial charge in [0.1, 0.15) is 5.75 Å². The highest BCUT2D eigenvalue weighted by Gasteiger charge is 2.33. The van der Waals surface area contributed by atoms with E-state index in [1.165, 1.54) is 12.3 Å². The molecule has 0 radical (unpaired) electrons. The average molecular weight is 278 g/mol. The van der Waals surface area contributed by atoms with Crippen molar-refractivity contribution in [3.63, 3.8) is 0 Å². The van der Waals surface area contributed by atoms with E-state index in [-0.39, 0.29) is 22.1 Å². The highest BCUT2D eigenvalue weighted by molar-refractivity contribution is 6.32. The summed E-state index contributed by atoms with van der Waals surface area (Å²) in [5, 5.41) is -0.245. The fraction of sp³-hybridized carbons (Fsp3) is 0.273. The van der Waals surface area contributed by atoms with Gasteiger partial charge in [0.15, 0.2) is 5.78 Å². The Morgan fingerprint density at radius 2 is 2.06 bits per heavy atom.